The molecule has 0 bridgehead atoms. The number of aromatic nitrogens is 2. The van der Waals surface area contributed by atoms with E-state index < -0.39 is 0 Å². The maximum atomic E-state index is 15.4. The predicted molar refractivity (Wildman–Crippen MR) is 202 cm³/mol. The minimum absolute atomic E-state index is 0.00366. The van der Waals surface area contributed by atoms with Crippen LogP contribution >= 0.6 is 0 Å². The van der Waals surface area contributed by atoms with Gasteiger partial charge < -0.3 is 14.6 Å². The second-order valence-electron chi connectivity index (χ2n) is 20.1. The van der Waals surface area contributed by atoms with Crippen molar-refractivity contribution < 1.29 is 18.7 Å². The third kappa shape index (κ3) is 5.08. The summed E-state index contributed by atoms with van der Waals surface area (Å²) in [4.78, 5) is 38.2. The molecule has 5 saturated carbocycles. The molecule has 1 N–H and O–H groups in total. The van der Waals surface area contributed by atoms with E-state index in [2.05, 4.69) is 58.4 Å². The Balaban J connectivity index is 1.10. The zero-order chi connectivity index (χ0) is 37.0. The zero-order valence-electron chi connectivity index (χ0n) is 33.2. The summed E-state index contributed by atoms with van der Waals surface area (Å²) in [7, 11) is 0. The Morgan fingerprint density at radius 2 is 1.63 bits per heavy atom. The van der Waals surface area contributed by atoms with Crippen LogP contribution in [0.25, 0.3) is 11.3 Å². The van der Waals surface area contributed by atoms with Crippen LogP contribution in [0.1, 0.15) is 144 Å². The van der Waals surface area contributed by atoms with Gasteiger partial charge in [-0.1, -0.05) is 48.5 Å². The van der Waals surface area contributed by atoms with Crippen LogP contribution in [0.3, 0.4) is 0 Å². The maximum absolute atomic E-state index is 15.4. The normalized spacial score (nSPS) is 42.3. The van der Waals surface area contributed by atoms with E-state index in [1.165, 1.54) is 37.8 Å². The molecule has 0 spiro atoms. The lowest BCUT2D eigenvalue weighted by Crippen LogP contribution is -2.67. The summed E-state index contributed by atoms with van der Waals surface area (Å²) in [5.74, 6) is 4.11. The number of aromatic amines is 1. The number of amides is 1. The number of likely N-dealkylation sites (tertiary alicyclic amines) is 1. The van der Waals surface area contributed by atoms with Gasteiger partial charge in [-0.2, -0.15) is 0 Å². The number of rotatable bonds is 5. The van der Waals surface area contributed by atoms with Crippen LogP contribution in [-0.4, -0.2) is 39.4 Å². The number of nitrogens with one attached hydrogen (secondary N) is 1. The lowest BCUT2D eigenvalue weighted by Gasteiger charge is -2.73. The van der Waals surface area contributed by atoms with Crippen LogP contribution < -0.4 is 0 Å². The number of hydrogen-bond acceptors (Lipinski definition) is 4. The number of hydrogen-bond donors (Lipinski definition) is 1. The number of benzene rings is 1. The molecule has 6 fully saturated rings. The van der Waals surface area contributed by atoms with Gasteiger partial charge in [0, 0.05) is 18.9 Å². The topological polar surface area (TPSA) is 75.3 Å². The third-order valence-electron chi connectivity index (χ3n) is 17.6. The van der Waals surface area contributed by atoms with Gasteiger partial charge in [-0.3, -0.25) is 9.59 Å². The van der Waals surface area contributed by atoms with Crippen molar-refractivity contribution in [1.82, 2.24) is 14.9 Å². The van der Waals surface area contributed by atoms with Gasteiger partial charge in [-0.15, -0.1) is 0 Å². The summed E-state index contributed by atoms with van der Waals surface area (Å²) in [5.41, 5.74) is 2.05. The van der Waals surface area contributed by atoms with Crippen LogP contribution in [0, 0.1) is 68.4 Å². The first-order valence-corrected chi connectivity index (χ1v) is 20.9. The van der Waals surface area contributed by atoms with Crippen molar-refractivity contribution in [3.63, 3.8) is 0 Å². The molecule has 2 aromatic rings. The molecule has 1 aliphatic heterocycles. The van der Waals surface area contributed by atoms with Crippen molar-refractivity contribution in [3.05, 3.63) is 42.1 Å². The number of ether oxygens (including phenoxy) is 1. The van der Waals surface area contributed by atoms with Crippen molar-refractivity contribution in [2.75, 3.05) is 6.54 Å². The highest BCUT2D eigenvalue weighted by Gasteiger charge is 2.72. The van der Waals surface area contributed by atoms with E-state index in [9.17, 15) is 9.18 Å². The average molecular weight is 714 g/mol. The summed E-state index contributed by atoms with van der Waals surface area (Å²) in [6.45, 7) is 19.9. The molecule has 8 rings (SSSR count). The van der Waals surface area contributed by atoms with Gasteiger partial charge in [-0.05, 0) is 159 Å². The van der Waals surface area contributed by atoms with Gasteiger partial charge in [0.05, 0.1) is 23.3 Å². The highest BCUT2D eigenvalue weighted by molar-refractivity contribution is 5.84. The zero-order valence-corrected chi connectivity index (χ0v) is 33.2. The van der Waals surface area contributed by atoms with Crippen LogP contribution in [0.4, 0.5) is 4.39 Å². The highest BCUT2D eigenvalue weighted by Crippen LogP contribution is 2.78. The Bertz CT molecular complexity index is 1700. The minimum Gasteiger partial charge on any atom is -0.462 e. The lowest BCUT2D eigenvalue weighted by atomic mass is 9.32. The first kappa shape index (κ1) is 36.3. The maximum Gasteiger partial charge on any atom is 0.302 e. The Morgan fingerprint density at radius 3 is 2.35 bits per heavy atom. The lowest BCUT2D eigenvalue weighted by molar-refractivity contribution is -0.251. The van der Waals surface area contributed by atoms with E-state index in [1.807, 2.05) is 6.20 Å². The van der Waals surface area contributed by atoms with Gasteiger partial charge in [0.25, 0.3) is 0 Å². The Hall–Kier alpha value is -2.70. The first-order chi connectivity index (χ1) is 24.6. The number of nitrogens with zero attached hydrogens (tertiary/aromatic N) is 2. The fraction of sp³-hybridized carbons (Fsp3) is 0.756. The molecule has 11 unspecified atom stereocenters. The molecule has 1 saturated heterocycles. The van der Waals surface area contributed by atoms with Gasteiger partial charge >= 0.3 is 5.97 Å². The Kier molecular flexibility index (Phi) is 8.66. The molecule has 6 aliphatic rings. The van der Waals surface area contributed by atoms with Gasteiger partial charge in [0.15, 0.2) is 0 Å². The summed E-state index contributed by atoms with van der Waals surface area (Å²) in [6.07, 6.45) is 15.0. The van der Waals surface area contributed by atoms with E-state index in [1.54, 1.807) is 19.1 Å². The number of fused-ring (bicyclic) bond motifs is 7. The molecule has 1 aromatic carbocycles. The van der Waals surface area contributed by atoms with E-state index in [-0.39, 0.29) is 51.0 Å². The van der Waals surface area contributed by atoms with Gasteiger partial charge in [-0.25, -0.2) is 9.37 Å². The fourth-order valence-electron chi connectivity index (χ4n) is 15.0. The van der Waals surface area contributed by atoms with Crippen molar-refractivity contribution >= 4 is 11.9 Å². The van der Waals surface area contributed by atoms with Crippen LogP contribution in [0.2, 0.25) is 0 Å². The number of halogens is 1. The van der Waals surface area contributed by atoms with Gasteiger partial charge in [0.2, 0.25) is 5.91 Å². The van der Waals surface area contributed by atoms with E-state index in [0.717, 1.165) is 75.0 Å². The molecule has 5 aliphatic carbocycles. The Morgan fingerprint density at radius 1 is 0.885 bits per heavy atom. The largest absolute Gasteiger partial charge is 0.462 e. The van der Waals surface area contributed by atoms with E-state index >= 15 is 4.79 Å². The summed E-state index contributed by atoms with van der Waals surface area (Å²) in [6, 6.07) is 6.50. The molecule has 1 amide bonds. The number of carbonyl (C=O) groups is 2. The summed E-state index contributed by atoms with van der Waals surface area (Å²) < 4.78 is 19.7. The molecule has 52 heavy (non-hydrogen) atoms. The molecule has 1 aromatic heterocycles. The predicted octanol–water partition coefficient (Wildman–Crippen LogP) is 10.5. The quantitative estimate of drug-likeness (QED) is 0.313. The molecular weight excluding hydrogens is 650 g/mol. The number of H-pyrrole nitrogens is 1. The summed E-state index contributed by atoms with van der Waals surface area (Å²) >= 11 is 0. The number of imidazole rings is 1. The highest BCUT2D eigenvalue weighted by atomic mass is 19.1. The smallest absolute Gasteiger partial charge is 0.302 e. The van der Waals surface area contributed by atoms with Crippen LogP contribution in [0.5, 0.6) is 0 Å². The molecule has 7 heteroatoms. The SMILES string of the molecule is CC(=O)OC1CCC2(C)C(CCC3(C)C2CCC2C4C(C(C)C)CCC4(C(=O)N4CCCC4c4ncc(-c5ccc(F)cc5)[nH]4)CCC23C)C1(C)C. The molecule has 2 heterocycles. The fourth-order valence-corrected chi connectivity index (χ4v) is 15.0. The average Bonchev–Trinajstić information content (AvgIpc) is 3.85. The van der Waals surface area contributed by atoms with E-state index in [0.29, 0.717) is 41.4 Å². The minimum atomic E-state index is -0.303. The summed E-state index contributed by atoms with van der Waals surface area (Å²) in [5, 5.41) is 0. The molecule has 0 radical (unpaired) electrons. The molecule has 11 atom stereocenters. The van der Waals surface area contributed by atoms with Crippen LogP contribution in [0.15, 0.2) is 30.5 Å². The second kappa shape index (κ2) is 12.4. The van der Waals surface area contributed by atoms with Crippen molar-refractivity contribution in [3.8, 4) is 11.3 Å². The first-order valence-electron chi connectivity index (χ1n) is 20.9. The third-order valence-corrected chi connectivity index (χ3v) is 17.6. The van der Waals surface area contributed by atoms with Gasteiger partial charge in [0.1, 0.15) is 17.7 Å². The molecule has 6 nitrogen and oxygen atoms in total. The van der Waals surface area contributed by atoms with Crippen molar-refractivity contribution in [2.24, 2.45) is 62.6 Å². The number of esters is 1. The van der Waals surface area contributed by atoms with Crippen molar-refractivity contribution in [2.45, 2.75) is 145 Å². The monoisotopic (exact) mass is 713 g/mol. The van der Waals surface area contributed by atoms with Crippen LogP contribution in [-0.2, 0) is 14.3 Å². The molecule has 284 valence electrons. The Labute approximate surface area is 311 Å². The van der Waals surface area contributed by atoms with Crippen molar-refractivity contribution in [1.29, 1.82) is 0 Å². The standard InChI is InChI=1S/C45H64FN3O3/c1-27(2)31-17-22-45(40(51)49-25-9-10-34(49)39-47-26-33(48-39)29-11-13-30(46)14-12-29)24-23-43(7)32(38(31)45)15-16-36-42(6)20-19-37(52-28(3)50)41(4,5)35(42)18-21-44(36,43)8/h11-14,26-27,31-32,34-38H,9-10,15-25H2,1-8H3,(H,47,48). The molecular formula is C45H64FN3O3. The second-order valence-corrected chi connectivity index (χ2v) is 20.1. The van der Waals surface area contributed by atoms with E-state index in [4.69, 9.17) is 9.72 Å². The number of carbonyl (C=O) groups excluding carboxylic acids is 2.